The Morgan fingerprint density at radius 2 is 2.00 bits per heavy atom. The second-order valence-electron chi connectivity index (χ2n) is 2.07. The Kier molecular flexibility index (Phi) is 4.58. The van der Waals surface area contributed by atoms with E-state index in [4.69, 9.17) is 0 Å². The summed E-state index contributed by atoms with van der Waals surface area (Å²) in [6.07, 6.45) is 5.55. The average Bonchev–Trinajstić information content (AvgIpc) is 1.91. The van der Waals surface area contributed by atoms with Gasteiger partial charge in [-0.3, -0.25) is 0 Å². The van der Waals surface area contributed by atoms with Crippen LogP contribution in [0.1, 0.15) is 20.3 Å². The first-order chi connectivity index (χ1) is 3.30. The van der Waals surface area contributed by atoms with Gasteiger partial charge in [-0.1, -0.05) is 23.3 Å². The molecular formula is C7H11K. The minimum atomic E-state index is 0. The molecule has 0 fully saturated rings. The van der Waals surface area contributed by atoms with Crippen LogP contribution in [0.25, 0.3) is 0 Å². The Morgan fingerprint density at radius 3 is 2.12 bits per heavy atom. The fourth-order valence-electron chi connectivity index (χ4n) is 0.716. The summed E-state index contributed by atoms with van der Waals surface area (Å²) >= 11 is 0. The average molecular weight is 134 g/mol. The van der Waals surface area contributed by atoms with Gasteiger partial charge in [0.25, 0.3) is 0 Å². The molecule has 1 heteroatoms. The van der Waals surface area contributed by atoms with E-state index < -0.39 is 0 Å². The molecule has 1 aliphatic rings. The van der Waals surface area contributed by atoms with Gasteiger partial charge in [-0.15, -0.1) is 0 Å². The Balaban J connectivity index is 0.000000490. The third-order valence-electron chi connectivity index (χ3n) is 1.47. The summed E-state index contributed by atoms with van der Waals surface area (Å²) in [4.78, 5) is 0. The fourth-order valence-corrected chi connectivity index (χ4v) is 0.716. The van der Waals surface area contributed by atoms with Crippen molar-refractivity contribution in [1.82, 2.24) is 0 Å². The van der Waals surface area contributed by atoms with Crippen molar-refractivity contribution in [2.75, 3.05) is 0 Å². The van der Waals surface area contributed by atoms with Crippen molar-refractivity contribution >= 4 is 51.4 Å². The summed E-state index contributed by atoms with van der Waals surface area (Å²) in [5.41, 5.74) is 2.96. The van der Waals surface area contributed by atoms with Crippen molar-refractivity contribution in [1.29, 1.82) is 0 Å². The Morgan fingerprint density at radius 1 is 1.38 bits per heavy atom. The molecule has 0 saturated carbocycles. The van der Waals surface area contributed by atoms with Crippen LogP contribution in [0, 0.1) is 0 Å². The summed E-state index contributed by atoms with van der Waals surface area (Å²) in [7, 11) is 0. The molecule has 0 spiro atoms. The van der Waals surface area contributed by atoms with Crippen LogP contribution in [0.15, 0.2) is 23.3 Å². The second-order valence-corrected chi connectivity index (χ2v) is 2.07. The molecule has 0 radical (unpaired) electrons. The quantitative estimate of drug-likeness (QED) is 0.442. The predicted octanol–water partition coefficient (Wildman–Crippen LogP) is 1.63. The van der Waals surface area contributed by atoms with Crippen molar-refractivity contribution in [3.05, 3.63) is 23.3 Å². The van der Waals surface area contributed by atoms with Crippen molar-refractivity contribution in [2.45, 2.75) is 20.3 Å². The molecular weight excluding hydrogens is 123 g/mol. The van der Waals surface area contributed by atoms with Crippen LogP contribution in [0.4, 0.5) is 0 Å². The molecule has 0 nitrogen and oxygen atoms in total. The van der Waals surface area contributed by atoms with Gasteiger partial charge < -0.3 is 0 Å². The third kappa shape index (κ3) is 2.15. The van der Waals surface area contributed by atoms with Gasteiger partial charge in [0, 0.05) is 0 Å². The van der Waals surface area contributed by atoms with Gasteiger partial charge >= 0.3 is 51.4 Å². The van der Waals surface area contributed by atoms with E-state index >= 15 is 0 Å². The molecule has 8 heavy (non-hydrogen) atoms. The first-order valence-corrected chi connectivity index (χ1v) is 2.63. The zero-order valence-corrected chi connectivity index (χ0v) is 4.86. The van der Waals surface area contributed by atoms with E-state index in [1.807, 2.05) is 0 Å². The van der Waals surface area contributed by atoms with Crippen LogP contribution >= 0.6 is 0 Å². The van der Waals surface area contributed by atoms with Gasteiger partial charge in [-0.2, -0.15) is 0 Å². The SMILES string of the molecule is CC1=C(C)CC=C1.[KH]. The van der Waals surface area contributed by atoms with E-state index in [9.17, 15) is 0 Å². The van der Waals surface area contributed by atoms with Gasteiger partial charge in [0.2, 0.25) is 0 Å². The molecule has 0 N–H and O–H groups in total. The molecule has 0 unspecified atom stereocenters. The van der Waals surface area contributed by atoms with E-state index in [1.54, 1.807) is 0 Å². The molecule has 0 amide bonds. The molecule has 1 aliphatic carbocycles. The summed E-state index contributed by atoms with van der Waals surface area (Å²) in [5.74, 6) is 0. The number of hydrogen-bond donors (Lipinski definition) is 0. The van der Waals surface area contributed by atoms with E-state index in [0.717, 1.165) is 0 Å². The third-order valence-corrected chi connectivity index (χ3v) is 1.47. The van der Waals surface area contributed by atoms with Crippen molar-refractivity contribution in [2.24, 2.45) is 0 Å². The summed E-state index contributed by atoms with van der Waals surface area (Å²) < 4.78 is 0. The van der Waals surface area contributed by atoms with Gasteiger partial charge in [0.1, 0.15) is 0 Å². The van der Waals surface area contributed by atoms with Gasteiger partial charge in [-0.05, 0) is 20.3 Å². The second kappa shape index (κ2) is 4.02. The van der Waals surface area contributed by atoms with Crippen LogP contribution < -0.4 is 0 Å². The minimum absolute atomic E-state index is 0. The fraction of sp³-hybridized carbons (Fsp3) is 0.429. The van der Waals surface area contributed by atoms with E-state index in [1.165, 1.54) is 17.6 Å². The van der Waals surface area contributed by atoms with Crippen LogP contribution in [0.3, 0.4) is 0 Å². The topological polar surface area (TPSA) is 0 Å². The van der Waals surface area contributed by atoms with Crippen LogP contribution in [0.2, 0.25) is 0 Å². The zero-order valence-electron chi connectivity index (χ0n) is 4.86. The molecule has 0 aromatic carbocycles. The molecule has 0 atom stereocenters. The molecule has 40 valence electrons. The van der Waals surface area contributed by atoms with Gasteiger partial charge in [0.05, 0.1) is 0 Å². The Labute approximate surface area is 93.5 Å². The molecule has 0 aromatic heterocycles. The number of rotatable bonds is 0. The molecule has 0 bridgehead atoms. The summed E-state index contributed by atoms with van der Waals surface area (Å²) in [5, 5.41) is 0. The van der Waals surface area contributed by atoms with Crippen LogP contribution in [-0.2, 0) is 0 Å². The number of allylic oxidation sites excluding steroid dienone is 4. The molecule has 0 aromatic rings. The normalized spacial score (nSPS) is 16.8. The van der Waals surface area contributed by atoms with Crippen molar-refractivity contribution < 1.29 is 0 Å². The van der Waals surface area contributed by atoms with E-state index in [-0.39, 0.29) is 51.4 Å². The maximum absolute atomic E-state index is 2.20. The molecule has 0 heterocycles. The molecule has 0 aliphatic heterocycles. The molecule has 0 saturated heterocycles. The molecule has 1 rings (SSSR count). The van der Waals surface area contributed by atoms with E-state index in [2.05, 4.69) is 26.0 Å². The van der Waals surface area contributed by atoms with E-state index in [0.29, 0.717) is 0 Å². The van der Waals surface area contributed by atoms with Crippen molar-refractivity contribution in [3.63, 3.8) is 0 Å². The Hall–Kier alpha value is 1.12. The first kappa shape index (κ1) is 9.12. The van der Waals surface area contributed by atoms with Gasteiger partial charge in [-0.25, -0.2) is 0 Å². The monoisotopic (exact) mass is 134 g/mol. The first-order valence-electron chi connectivity index (χ1n) is 2.63. The summed E-state index contributed by atoms with van der Waals surface area (Å²) in [6, 6.07) is 0. The predicted molar refractivity (Wildman–Crippen MR) is 39.3 cm³/mol. The maximum atomic E-state index is 2.20. The number of hydrogen-bond acceptors (Lipinski definition) is 0. The zero-order chi connectivity index (χ0) is 5.28. The van der Waals surface area contributed by atoms with Gasteiger partial charge in [0.15, 0.2) is 0 Å². The van der Waals surface area contributed by atoms with Crippen LogP contribution in [0.5, 0.6) is 0 Å². The standard InChI is InChI=1S/C7H10.K.H/c1-6-4-3-5-7(6)2;;/h3-4H,5H2,1-2H3;;. The van der Waals surface area contributed by atoms with Crippen molar-refractivity contribution in [3.8, 4) is 0 Å². The summed E-state index contributed by atoms with van der Waals surface area (Å²) in [6.45, 7) is 4.33. The van der Waals surface area contributed by atoms with Crippen LogP contribution in [-0.4, -0.2) is 51.4 Å². The Bertz CT molecular complexity index is 131.